The van der Waals surface area contributed by atoms with Gasteiger partial charge in [-0.2, -0.15) is 0 Å². The van der Waals surface area contributed by atoms with Gasteiger partial charge in [0.15, 0.2) is 0 Å². The highest BCUT2D eigenvalue weighted by Gasteiger charge is 2.23. The van der Waals surface area contributed by atoms with Gasteiger partial charge in [-0.3, -0.25) is 4.79 Å². The average Bonchev–Trinajstić information content (AvgIpc) is 2.46. The highest BCUT2D eigenvalue weighted by atomic mass is 35.5. The molecular weight excluding hydrogens is 284 g/mol. The van der Waals surface area contributed by atoms with E-state index in [4.69, 9.17) is 17.3 Å². The summed E-state index contributed by atoms with van der Waals surface area (Å²) in [6, 6.07) is 11.3. The molecule has 1 amide bonds. The highest BCUT2D eigenvalue weighted by Crippen LogP contribution is 2.26. The number of nitrogens with two attached hydrogens (primary N) is 1. The topological polar surface area (TPSA) is 46.3 Å². The molecule has 0 radical (unpaired) electrons. The molecule has 108 valence electrons. The summed E-state index contributed by atoms with van der Waals surface area (Å²) < 4.78 is 0. The van der Waals surface area contributed by atoms with E-state index in [0.717, 1.165) is 23.2 Å². The molecule has 0 bridgehead atoms. The van der Waals surface area contributed by atoms with E-state index >= 15 is 0 Å². The van der Waals surface area contributed by atoms with Gasteiger partial charge in [-0.1, -0.05) is 23.7 Å². The minimum Gasteiger partial charge on any atom is -0.398 e. The maximum atomic E-state index is 12.7. The number of nitrogen functional groups attached to an aromatic ring is 1. The van der Waals surface area contributed by atoms with Gasteiger partial charge in [0.25, 0.3) is 5.91 Å². The minimum absolute atomic E-state index is 0.0530. The van der Waals surface area contributed by atoms with Crippen molar-refractivity contribution in [2.75, 3.05) is 12.3 Å². The van der Waals surface area contributed by atoms with Gasteiger partial charge in [0.2, 0.25) is 0 Å². The van der Waals surface area contributed by atoms with Crippen LogP contribution in [0.15, 0.2) is 36.4 Å². The third-order valence-electron chi connectivity index (χ3n) is 4.01. The van der Waals surface area contributed by atoms with Crippen LogP contribution in [0.2, 0.25) is 5.02 Å². The lowest BCUT2D eigenvalue weighted by Crippen LogP contribution is -2.36. The number of carbonyl (C=O) groups is 1. The third kappa shape index (κ3) is 2.61. The van der Waals surface area contributed by atoms with Gasteiger partial charge in [0.05, 0.1) is 0 Å². The average molecular weight is 301 g/mol. The number of fused-ring (bicyclic) bond motifs is 1. The molecule has 0 spiro atoms. The number of carbonyl (C=O) groups excluding carboxylic acids is 1. The van der Waals surface area contributed by atoms with Crippen LogP contribution in [0.1, 0.15) is 27.0 Å². The largest absolute Gasteiger partial charge is 0.398 e. The molecule has 2 N–H and O–H groups in total. The number of hydrogen-bond donors (Lipinski definition) is 1. The van der Waals surface area contributed by atoms with Crippen molar-refractivity contribution < 1.29 is 4.79 Å². The van der Waals surface area contributed by atoms with Crippen molar-refractivity contribution in [3.05, 3.63) is 63.7 Å². The zero-order valence-corrected chi connectivity index (χ0v) is 12.7. The summed E-state index contributed by atoms with van der Waals surface area (Å²) in [6.07, 6.45) is 0.806. The molecule has 0 saturated carbocycles. The Hall–Kier alpha value is -2.00. The van der Waals surface area contributed by atoms with Gasteiger partial charge in [-0.25, -0.2) is 0 Å². The first-order valence-corrected chi connectivity index (χ1v) is 7.35. The fourth-order valence-electron chi connectivity index (χ4n) is 2.85. The van der Waals surface area contributed by atoms with E-state index in [1.165, 1.54) is 5.56 Å². The highest BCUT2D eigenvalue weighted by molar-refractivity contribution is 6.30. The lowest BCUT2D eigenvalue weighted by Gasteiger charge is -2.30. The second-order valence-electron chi connectivity index (χ2n) is 5.42. The Morgan fingerprint density at radius 3 is 2.86 bits per heavy atom. The van der Waals surface area contributed by atoms with Crippen molar-refractivity contribution in [2.24, 2.45) is 0 Å². The Morgan fingerprint density at radius 2 is 2.10 bits per heavy atom. The standard InChI is InChI=1S/C17H17ClN2O/c1-11-9-13(18)5-6-14(11)17(21)20-8-7-15-12(10-20)3-2-4-16(15)19/h2-6,9H,7-8,10,19H2,1H3. The summed E-state index contributed by atoms with van der Waals surface area (Å²) >= 11 is 5.95. The van der Waals surface area contributed by atoms with E-state index in [1.54, 1.807) is 12.1 Å². The summed E-state index contributed by atoms with van der Waals surface area (Å²) in [6.45, 7) is 3.22. The van der Waals surface area contributed by atoms with Crippen molar-refractivity contribution in [1.82, 2.24) is 4.90 Å². The van der Waals surface area contributed by atoms with Gasteiger partial charge < -0.3 is 10.6 Å². The smallest absolute Gasteiger partial charge is 0.254 e. The van der Waals surface area contributed by atoms with Crippen LogP contribution < -0.4 is 5.73 Å². The van der Waals surface area contributed by atoms with Gasteiger partial charge in [0, 0.05) is 29.4 Å². The predicted octanol–water partition coefficient (Wildman–Crippen LogP) is 3.43. The Balaban J connectivity index is 1.87. The number of rotatable bonds is 1. The monoisotopic (exact) mass is 300 g/mol. The van der Waals surface area contributed by atoms with Crippen molar-refractivity contribution >= 4 is 23.2 Å². The van der Waals surface area contributed by atoms with Crippen molar-refractivity contribution in [3.63, 3.8) is 0 Å². The minimum atomic E-state index is 0.0530. The first kappa shape index (κ1) is 14.0. The first-order valence-electron chi connectivity index (χ1n) is 6.98. The van der Waals surface area contributed by atoms with Crippen LogP contribution in [0.3, 0.4) is 0 Å². The molecule has 0 fully saturated rings. The van der Waals surface area contributed by atoms with E-state index in [2.05, 4.69) is 0 Å². The summed E-state index contributed by atoms with van der Waals surface area (Å²) in [5.41, 5.74) is 10.8. The van der Waals surface area contributed by atoms with Crippen molar-refractivity contribution in [3.8, 4) is 0 Å². The second-order valence-corrected chi connectivity index (χ2v) is 5.86. The van der Waals surface area contributed by atoms with Gasteiger partial charge in [-0.05, 0) is 54.3 Å². The molecule has 1 heterocycles. The van der Waals surface area contributed by atoms with Gasteiger partial charge in [-0.15, -0.1) is 0 Å². The maximum absolute atomic E-state index is 12.7. The molecule has 0 aliphatic carbocycles. The van der Waals surface area contributed by atoms with Crippen LogP contribution in [-0.2, 0) is 13.0 Å². The van der Waals surface area contributed by atoms with Crippen LogP contribution in [0.4, 0.5) is 5.69 Å². The number of amides is 1. The zero-order valence-electron chi connectivity index (χ0n) is 11.9. The van der Waals surface area contributed by atoms with Crippen molar-refractivity contribution in [2.45, 2.75) is 19.9 Å². The molecule has 2 aromatic rings. The molecule has 0 unspecified atom stereocenters. The third-order valence-corrected chi connectivity index (χ3v) is 4.24. The van der Waals surface area contributed by atoms with Crippen LogP contribution in [0.5, 0.6) is 0 Å². The molecule has 0 atom stereocenters. The number of hydrogen-bond acceptors (Lipinski definition) is 2. The normalized spacial score (nSPS) is 13.9. The summed E-state index contributed by atoms with van der Waals surface area (Å²) in [4.78, 5) is 14.6. The number of aryl methyl sites for hydroxylation is 1. The van der Waals surface area contributed by atoms with Gasteiger partial charge in [0.1, 0.15) is 0 Å². The molecule has 0 saturated heterocycles. The quantitative estimate of drug-likeness (QED) is 0.820. The van der Waals surface area contributed by atoms with Crippen LogP contribution in [0, 0.1) is 6.92 Å². The zero-order chi connectivity index (χ0) is 15.0. The Kier molecular flexibility index (Phi) is 3.60. The number of halogens is 1. The molecule has 3 rings (SSSR count). The van der Waals surface area contributed by atoms with E-state index in [0.29, 0.717) is 23.7 Å². The van der Waals surface area contributed by atoms with Crippen LogP contribution in [-0.4, -0.2) is 17.4 Å². The van der Waals surface area contributed by atoms with Crippen LogP contribution in [0.25, 0.3) is 0 Å². The predicted molar refractivity (Wildman–Crippen MR) is 85.5 cm³/mol. The molecule has 1 aliphatic heterocycles. The SMILES string of the molecule is Cc1cc(Cl)ccc1C(=O)N1CCc2c(N)cccc2C1. The van der Waals surface area contributed by atoms with E-state index < -0.39 is 0 Å². The van der Waals surface area contributed by atoms with E-state index in [1.807, 2.05) is 36.1 Å². The molecule has 4 heteroatoms. The molecule has 0 aromatic heterocycles. The number of benzene rings is 2. The molecule has 1 aliphatic rings. The number of anilines is 1. The molecule has 2 aromatic carbocycles. The van der Waals surface area contributed by atoms with Gasteiger partial charge >= 0.3 is 0 Å². The summed E-state index contributed by atoms with van der Waals surface area (Å²) in [7, 11) is 0. The van der Waals surface area contributed by atoms with E-state index in [-0.39, 0.29) is 5.91 Å². The Bertz CT molecular complexity index is 712. The second kappa shape index (κ2) is 5.41. The fourth-order valence-corrected chi connectivity index (χ4v) is 3.08. The lowest BCUT2D eigenvalue weighted by atomic mass is 9.97. The molecule has 3 nitrogen and oxygen atoms in total. The summed E-state index contributed by atoms with van der Waals surface area (Å²) in [5, 5.41) is 0.654. The summed E-state index contributed by atoms with van der Waals surface area (Å²) in [5.74, 6) is 0.0530. The number of nitrogens with zero attached hydrogens (tertiary/aromatic N) is 1. The molecule has 21 heavy (non-hydrogen) atoms. The molecular formula is C17H17ClN2O. The van der Waals surface area contributed by atoms with E-state index in [9.17, 15) is 4.79 Å². The Morgan fingerprint density at radius 1 is 1.29 bits per heavy atom. The Labute approximate surface area is 129 Å². The maximum Gasteiger partial charge on any atom is 0.254 e. The fraction of sp³-hybridized carbons (Fsp3) is 0.235. The first-order chi connectivity index (χ1) is 10.1. The lowest BCUT2D eigenvalue weighted by molar-refractivity contribution is 0.0734. The van der Waals surface area contributed by atoms with Crippen molar-refractivity contribution in [1.29, 1.82) is 0 Å². The van der Waals surface area contributed by atoms with Crippen LogP contribution >= 0.6 is 11.6 Å².